The van der Waals surface area contributed by atoms with Crippen molar-refractivity contribution in [3.8, 4) is 0 Å². The molecule has 0 spiro atoms. The zero-order valence-electron chi connectivity index (χ0n) is 19.8. The molecule has 0 rings (SSSR count). The fourth-order valence-electron chi connectivity index (χ4n) is 1.07. The van der Waals surface area contributed by atoms with Gasteiger partial charge in [0.25, 0.3) is 0 Å². The van der Waals surface area contributed by atoms with Gasteiger partial charge < -0.3 is 59.5 Å². The van der Waals surface area contributed by atoms with Crippen LogP contribution < -0.4 is 0 Å². The first-order chi connectivity index (χ1) is 14.5. The Morgan fingerprint density at radius 1 is 0.562 bits per heavy atom. The zero-order valence-corrected chi connectivity index (χ0v) is 20.7. The van der Waals surface area contributed by atoms with Crippen LogP contribution in [0.3, 0.4) is 0 Å². The van der Waals surface area contributed by atoms with E-state index < -0.39 is 26.1 Å². The number of hydrogen-bond acceptors (Lipinski definition) is 10. The highest BCUT2D eigenvalue weighted by Gasteiger charge is 2.02. The Bertz CT molecular complexity index is 353. The van der Waals surface area contributed by atoms with Crippen molar-refractivity contribution in [1.82, 2.24) is 0 Å². The molecule has 6 unspecified atom stereocenters. The molecule has 0 saturated heterocycles. The third-order valence-corrected chi connectivity index (χ3v) is 2.64. The van der Waals surface area contributed by atoms with Gasteiger partial charge in [0.2, 0.25) is 0 Å². The van der Waals surface area contributed by atoms with Crippen molar-refractivity contribution in [3.63, 3.8) is 0 Å². The van der Waals surface area contributed by atoms with Crippen LogP contribution in [0.4, 0.5) is 0 Å². The Labute approximate surface area is 190 Å². The van der Waals surface area contributed by atoms with Gasteiger partial charge in [0.05, 0.1) is 76.3 Å². The van der Waals surface area contributed by atoms with Crippen molar-refractivity contribution in [2.75, 3.05) is 39.6 Å². The minimum Gasteiger partial charge on any atom is -0.394 e. The lowest BCUT2D eigenvalue weighted by Crippen LogP contribution is -2.19. The highest BCUT2D eigenvalue weighted by atomic mass is 31.2. The molecule has 9 N–H and O–H groups in total. The Hall–Kier alpha value is -0.250. The zero-order chi connectivity index (χ0) is 26.3. The Balaban J connectivity index is -0.000000167. The molecule has 0 aliphatic carbocycles. The second-order valence-electron chi connectivity index (χ2n) is 7.04. The molecule has 14 heteroatoms. The van der Waals surface area contributed by atoms with Gasteiger partial charge in [0.15, 0.2) is 0 Å². The van der Waals surface area contributed by atoms with Crippen LogP contribution in [-0.2, 0) is 18.8 Å². The maximum atomic E-state index is 8.88. The normalized spacial score (nSPS) is 16.5. The molecule has 0 amide bonds. The van der Waals surface area contributed by atoms with E-state index >= 15 is 0 Å². The summed E-state index contributed by atoms with van der Waals surface area (Å²) in [6, 6.07) is 0. The van der Waals surface area contributed by atoms with Crippen LogP contribution in [0.25, 0.3) is 0 Å². The summed E-state index contributed by atoms with van der Waals surface area (Å²) in [5.74, 6) is 0. The number of ether oxygens (including phenoxy) is 3. The molecule has 0 fully saturated rings. The van der Waals surface area contributed by atoms with Crippen molar-refractivity contribution in [1.29, 1.82) is 0 Å². The van der Waals surface area contributed by atoms with E-state index in [1.165, 1.54) is 0 Å². The molecule has 200 valence electrons. The molecule has 6 atom stereocenters. The summed E-state index contributed by atoms with van der Waals surface area (Å²) in [7, 11) is -4.64. The number of hydrogen-bond donors (Lipinski definition) is 9. The SMILES string of the molecule is CC(O)COC(C)CO.CC(O)COC(C)CO.CC(O)COC(C)CO.O=P(O)(O)O. The summed E-state index contributed by atoms with van der Waals surface area (Å²) in [6.45, 7) is 11.1. The number of aliphatic hydroxyl groups excluding tert-OH is 6. The molecule has 0 aromatic heterocycles. The topological polar surface area (TPSA) is 227 Å². The van der Waals surface area contributed by atoms with Gasteiger partial charge >= 0.3 is 7.82 Å². The van der Waals surface area contributed by atoms with E-state index in [4.69, 9.17) is 64.1 Å². The van der Waals surface area contributed by atoms with Crippen LogP contribution in [0, 0.1) is 0 Å². The van der Waals surface area contributed by atoms with Gasteiger partial charge in [-0.3, -0.25) is 0 Å². The summed E-state index contributed by atoms with van der Waals surface area (Å²) in [4.78, 5) is 21.6. The van der Waals surface area contributed by atoms with Gasteiger partial charge in [0, 0.05) is 0 Å². The molecule has 13 nitrogen and oxygen atoms in total. The summed E-state index contributed by atoms with van der Waals surface area (Å²) < 4.78 is 23.7. The lowest BCUT2D eigenvalue weighted by molar-refractivity contribution is -0.0177. The molecule has 0 bridgehead atoms. The predicted octanol–water partition coefficient (Wildman–Crippen LogP) is -1.63. The van der Waals surface area contributed by atoms with Crippen molar-refractivity contribution >= 4 is 7.82 Å². The van der Waals surface area contributed by atoms with Crippen LogP contribution in [-0.4, -0.2) is 122 Å². The van der Waals surface area contributed by atoms with E-state index in [2.05, 4.69) is 0 Å². The summed E-state index contributed by atoms with van der Waals surface area (Å²) >= 11 is 0. The Kier molecular flexibility index (Phi) is 30.9. The second-order valence-corrected chi connectivity index (χ2v) is 8.07. The van der Waals surface area contributed by atoms with Crippen LogP contribution in [0.5, 0.6) is 0 Å². The molecule has 0 aliphatic rings. The second kappa shape index (κ2) is 25.4. The Morgan fingerprint density at radius 3 is 0.812 bits per heavy atom. The van der Waals surface area contributed by atoms with Gasteiger partial charge in [-0.1, -0.05) is 0 Å². The van der Waals surface area contributed by atoms with E-state index in [1.54, 1.807) is 41.5 Å². The highest BCUT2D eigenvalue weighted by Crippen LogP contribution is 2.25. The third kappa shape index (κ3) is 57.1. The number of rotatable bonds is 12. The average Bonchev–Trinajstić information content (AvgIpc) is 2.67. The van der Waals surface area contributed by atoms with E-state index in [9.17, 15) is 0 Å². The van der Waals surface area contributed by atoms with Gasteiger partial charge in [-0.05, 0) is 41.5 Å². The molecule has 32 heavy (non-hydrogen) atoms. The largest absolute Gasteiger partial charge is 0.466 e. The molecule has 0 aromatic carbocycles. The quantitative estimate of drug-likeness (QED) is 0.137. The van der Waals surface area contributed by atoms with E-state index in [0.717, 1.165) is 0 Å². The van der Waals surface area contributed by atoms with Crippen molar-refractivity contribution in [2.24, 2.45) is 0 Å². The van der Waals surface area contributed by atoms with E-state index in [1.807, 2.05) is 0 Å². The van der Waals surface area contributed by atoms with Crippen LogP contribution >= 0.6 is 7.82 Å². The summed E-state index contributed by atoms with van der Waals surface area (Å²) in [5.41, 5.74) is 0. The van der Waals surface area contributed by atoms with Crippen LogP contribution in [0.15, 0.2) is 0 Å². The molecule has 0 heterocycles. The molecule has 0 aliphatic heterocycles. The smallest absolute Gasteiger partial charge is 0.394 e. The van der Waals surface area contributed by atoms with Crippen LogP contribution in [0.1, 0.15) is 41.5 Å². The van der Waals surface area contributed by atoms with Gasteiger partial charge in [0.1, 0.15) is 0 Å². The molecular weight excluding hydrogens is 455 g/mol. The molecule has 0 radical (unpaired) electrons. The predicted molar refractivity (Wildman–Crippen MR) is 117 cm³/mol. The lowest BCUT2D eigenvalue weighted by Gasteiger charge is -2.10. The average molecular weight is 501 g/mol. The van der Waals surface area contributed by atoms with Gasteiger partial charge in [-0.15, -0.1) is 0 Å². The van der Waals surface area contributed by atoms with Crippen molar-refractivity contribution in [2.45, 2.75) is 78.2 Å². The van der Waals surface area contributed by atoms with E-state index in [-0.39, 0.29) is 38.1 Å². The minimum absolute atomic E-state index is 0.00667. The lowest BCUT2D eigenvalue weighted by atomic mass is 10.4. The minimum atomic E-state index is -4.64. The van der Waals surface area contributed by atoms with Crippen molar-refractivity contribution in [3.05, 3.63) is 0 Å². The molecule has 0 aromatic rings. The van der Waals surface area contributed by atoms with Crippen molar-refractivity contribution < 1.29 is 64.1 Å². The monoisotopic (exact) mass is 500 g/mol. The number of aliphatic hydroxyl groups is 6. The molecule has 0 saturated carbocycles. The summed E-state index contributed by atoms with van der Waals surface area (Å²) in [6.07, 6.45) is -1.84. The van der Waals surface area contributed by atoms with Crippen LogP contribution in [0.2, 0.25) is 0 Å². The third-order valence-electron chi connectivity index (χ3n) is 2.64. The maximum Gasteiger partial charge on any atom is 0.466 e. The fraction of sp³-hybridized carbons (Fsp3) is 1.00. The maximum absolute atomic E-state index is 8.88. The van der Waals surface area contributed by atoms with Gasteiger partial charge in [-0.25, -0.2) is 4.57 Å². The Morgan fingerprint density at radius 2 is 0.719 bits per heavy atom. The van der Waals surface area contributed by atoms with Gasteiger partial charge in [-0.2, -0.15) is 0 Å². The fourth-order valence-corrected chi connectivity index (χ4v) is 1.07. The standard InChI is InChI=1S/3C6H14O3.H3O4P/c3*1-5(8)4-9-6(2)3-7;1-5(2,3)4/h3*5-8H,3-4H2,1-2H3;(H3,1,2,3,4). The summed E-state index contributed by atoms with van der Waals surface area (Å²) in [5, 5.41) is 51.4. The first-order valence-electron chi connectivity index (χ1n) is 9.99. The molecular formula is C18H45O13P. The van der Waals surface area contributed by atoms with E-state index in [0.29, 0.717) is 19.8 Å². The number of phosphoric acid groups is 1. The first kappa shape index (κ1) is 39.0. The first-order valence-corrected chi connectivity index (χ1v) is 11.6. The highest BCUT2D eigenvalue weighted by molar-refractivity contribution is 7.45.